The number of rotatable bonds is 2. The van der Waals surface area contributed by atoms with Crippen molar-refractivity contribution in [1.82, 2.24) is 0 Å². The van der Waals surface area contributed by atoms with Crippen molar-refractivity contribution >= 4 is 39.1 Å². The van der Waals surface area contributed by atoms with E-state index < -0.39 is 0 Å². The van der Waals surface area contributed by atoms with Crippen LogP contribution in [-0.4, -0.2) is 5.88 Å². The van der Waals surface area contributed by atoms with Gasteiger partial charge in [-0.15, -0.1) is 22.9 Å². The number of alkyl halides is 1. The molecule has 0 nitrogen and oxygen atoms in total. The number of thiophene rings is 1. The van der Waals surface area contributed by atoms with Crippen LogP contribution in [0.1, 0.15) is 5.56 Å². The zero-order chi connectivity index (χ0) is 9.10. The van der Waals surface area contributed by atoms with E-state index in [1.54, 1.807) is 11.3 Å². The zero-order valence-electron chi connectivity index (χ0n) is 7.03. The monoisotopic (exact) mass is 208 g/mol. The highest BCUT2D eigenvalue weighted by molar-refractivity contribution is 7.17. The first-order valence-corrected chi connectivity index (χ1v) is 5.51. The lowest BCUT2D eigenvalue weighted by atomic mass is 10.1. The lowest BCUT2D eigenvalue weighted by Crippen LogP contribution is -1.70. The predicted molar refractivity (Wildman–Crippen MR) is 61.6 cm³/mol. The zero-order valence-corrected chi connectivity index (χ0v) is 8.61. The van der Waals surface area contributed by atoms with Gasteiger partial charge in [-0.2, -0.15) is 0 Å². The van der Waals surface area contributed by atoms with Crippen LogP contribution in [0.15, 0.2) is 35.7 Å². The molecule has 0 aliphatic rings. The van der Waals surface area contributed by atoms with Gasteiger partial charge >= 0.3 is 0 Å². The van der Waals surface area contributed by atoms with Crippen molar-refractivity contribution in [1.29, 1.82) is 0 Å². The largest absolute Gasteiger partial charge is 0.144 e. The Kier molecular flexibility index (Phi) is 2.67. The second kappa shape index (κ2) is 3.95. The Bertz CT molecular complexity index is 428. The van der Waals surface area contributed by atoms with Crippen LogP contribution < -0.4 is 0 Å². The van der Waals surface area contributed by atoms with Gasteiger partial charge in [0, 0.05) is 10.6 Å². The number of benzene rings is 1. The van der Waals surface area contributed by atoms with Crippen LogP contribution >= 0.6 is 22.9 Å². The number of halogens is 1. The summed E-state index contributed by atoms with van der Waals surface area (Å²) in [6.07, 6.45) is 4.00. The van der Waals surface area contributed by atoms with Gasteiger partial charge in [-0.25, -0.2) is 0 Å². The molecule has 0 saturated heterocycles. The van der Waals surface area contributed by atoms with Gasteiger partial charge in [0.05, 0.1) is 0 Å². The quantitative estimate of drug-likeness (QED) is 0.651. The molecule has 0 atom stereocenters. The van der Waals surface area contributed by atoms with Crippen molar-refractivity contribution in [3.05, 3.63) is 41.3 Å². The van der Waals surface area contributed by atoms with Gasteiger partial charge < -0.3 is 0 Å². The fourth-order valence-corrected chi connectivity index (χ4v) is 2.13. The molecule has 0 N–H and O–H groups in total. The summed E-state index contributed by atoms with van der Waals surface area (Å²) in [5, 5.41) is 3.42. The average molecular weight is 209 g/mol. The smallest absolute Gasteiger partial charge is 0.0407 e. The molecule has 0 bridgehead atoms. The molecule has 0 saturated carbocycles. The minimum atomic E-state index is 0.571. The predicted octanol–water partition coefficient (Wildman–Crippen LogP) is 4.15. The van der Waals surface area contributed by atoms with Gasteiger partial charge in [-0.1, -0.05) is 18.2 Å². The molecule has 0 unspecified atom stereocenters. The molecule has 0 aliphatic carbocycles. The molecule has 0 amide bonds. The summed E-state index contributed by atoms with van der Waals surface area (Å²) in [6.45, 7) is 0. The summed E-state index contributed by atoms with van der Waals surface area (Å²) < 4.78 is 1.34. The summed E-state index contributed by atoms with van der Waals surface area (Å²) in [5.41, 5.74) is 1.21. The van der Waals surface area contributed by atoms with Crippen LogP contribution in [0, 0.1) is 0 Å². The van der Waals surface area contributed by atoms with Gasteiger partial charge in [0.2, 0.25) is 0 Å². The van der Waals surface area contributed by atoms with E-state index in [2.05, 4.69) is 29.6 Å². The second-order valence-electron chi connectivity index (χ2n) is 2.77. The standard InChI is InChI=1S/C11H9ClS/c12-6-1-2-9-3-4-11-10(8-9)5-7-13-11/h1-5,7-8H,6H2. The Labute approximate surface area is 86.5 Å². The van der Waals surface area contributed by atoms with Crippen molar-refractivity contribution in [2.75, 3.05) is 5.88 Å². The minimum absolute atomic E-state index is 0.571. The molecule has 1 aromatic heterocycles. The van der Waals surface area contributed by atoms with E-state index in [0.29, 0.717) is 5.88 Å². The maximum Gasteiger partial charge on any atom is 0.0407 e. The molecule has 0 radical (unpaired) electrons. The van der Waals surface area contributed by atoms with Crippen LogP contribution in [0.25, 0.3) is 16.2 Å². The van der Waals surface area contributed by atoms with E-state index in [1.165, 1.54) is 15.6 Å². The van der Waals surface area contributed by atoms with E-state index in [0.717, 1.165) is 0 Å². The van der Waals surface area contributed by atoms with Crippen LogP contribution in [0.5, 0.6) is 0 Å². The van der Waals surface area contributed by atoms with Crippen molar-refractivity contribution < 1.29 is 0 Å². The summed E-state index contributed by atoms with van der Waals surface area (Å²) in [5.74, 6) is 0.571. The highest BCUT2D eigenvalue weighted by Crippen LogP contribution is 2.22. The van der Waals surface area contributed by atoms with E-state index in [9.17, 15) is 0 Å². The van der Waals surface area contributed by atoms with Crippen molar-refractivity contribution in [3.63, 3.8) is 0 Å². The molecule has 0 aliphatic heterocycles. The first-order valence-electron chi connectivity index (χ1n) is 4.10. The minimum Gasteiger partial charge on any atom is -0.144 e. The first kappa shape index (κ1) is 8.79. The highest BCUT2D eigenvalue weighted by atomic mass is 35.5. The highest BCUT2D eigenvalue weighted by Gasteiger charge is 1.93. The summed E-state index contributed by atoms with van der Waals surface area (Å²) >= 11 is 7.33. The fourth-order valence-electron chi connectivity index (χ4n) is 1.27. The summed E-state index contributed by atoms with van der Waals surface area (Å²) in [7, 11) is 0. The lowest BCUT2D eigenvalue weighted by Gasteiger charge is -1.93. The third kappa shape index (κ3) is 1.93. The Morgan fingerprint density at radius 3 is 3.08 bits per heavy atom. The second-order valence-corrected chi connectivity index (χ2v) is 4.03. The van der Waals surface area contributed by atoms with Crippen molar-refractivity contribution in [3.8, 4) is 0 Å². The third-order valence-corrected chi connectivity index (χ3v) is 2.95. The summed E-state index contributed by atoms with van der Waals surface area (Å²) in [6, 6.07) is 8.57. The van der Waals surface area contributed by atoms with Gasteiger partial charge in [0.15, 0.2) is 0 Å². The van der Waals surface area contributed by atoms with E-state index >= 15 is 0 Å². The Morgan fingerprint density at radius 1 is 1.31 bits per heavy atom. The molecular formula is C11H9ClS. The number of fused-ring (bicyclic) bond motifs is 1. The lowest BCUT2D eigenvalue weighted by molar-refractivity contribution is 1.72. The molecule has 66 valence electrons. The molecule has 13 heavy (non-hydrogen) atoms. The Balaban J connectivity index is 2.42. The molecule has 0 fully saturated rings. The van der Waals surface area contributed by atoms with E-state index in [4.69, 9.17) is 11.6 Å². The Hall–Kier alpha value is -0.790. The van der Waals surface area contributed by atoms with Gasteiger partial charge in [-0.3, -0.25) is 0 Å². The molecule has 0 spiro atoms. The van der Waals surface area contributed by atoms with E-state index in [-0.39, 0.29) is 0 Å². The maximum absolute atomic E-state index is 5.56. The average Bonchev–Trinajstić information content (AvgIpc) is 2.61. The molecule has 1 aromatic carbocycles. The molecule has 2 aromatic rings. The van der Waals surface area contributed by atoms with Gasteiger partial charge in [0.25, 0.3) is 0 Å². The summed E-state index contributed by atoms with van der Waals surface area (Å²) in [4.78, 5) is 0. The van der Waals surface area contributed by atoms with E-state index in [1.807, 2.05) is 12.2 Å². The molecular weight excluding hydrogens is 200 g/mol. The molecule has 2 heteroatoms. The van der Waals surface area contributed by atoms with Crippen LogP contribution in [0.3, 0.4) is 0 Å². The van der Waals surface area contributed by atoms with Crippen LogP contribution in [-0.2, 0) is 0 Å². The maximum atomic E-state index is 5.56. The van der Waals surface area contributed by atoms with Crippen molar-refractivity contribution in [2.24, 2.45) is 0 Å². The number of hydrogen-bond donors (Lipinski definition) is 0. The molecule has 1 heterocycles. The number of hydrogen-bond acceptors (Lipinski definition) is 1. The van der Waals surface area contributed by atoms with Gasteiger partial charge in [-0.05, 0) is 34.5 Å². The fraction of sp³-hybridized carbons (Fsp3) is 0.0909. The topological polar surface area (TPSA) is 0 Å². The normalized spacial score (nSPS) is 11.5. The third-order valence-electron chi connectivity index (χ3n) is 1.88. The van der Waals surface area contributed by atoms with Crippen molar-refractivity contribution in [2.45, 2.75) is 0 Å². The SMILES string of the molecule is ClCC=Cc1ccc2sccc2c1. The van der Waals surface area contributed by atoms with Crippen LogP contribution in [0.2, 0.25) is 0 Å². The number of allylic oxidation sites excluding steroid dienone is 1. The van der Waals surface area contributed by atoms with Gasteiger partial charge in [0.1, 0.15) is 0 Å². The Morgan fingerprint density at radius 2 is 2.23 bits per heavy atom. The van der Waals surface area contributed by atoms with Crippen LogP contribution in [0.4, 0.5) is 0 Å². The molecule has 2 rings (SSSR count). The first-order chi connectivity index (χ1) is 6.40.